The van der Waals surface area contributed by atoms with Crippen LogP contribution in [0.5, 0.6) is 0 Å². The third-order valence-electron chi connectivity index (χ3n) is 2.44. The second kappa shape index (κ2) is 6.30. The van der Waals surface area contributed by atoms with Gasteiger partial charge in [0.2, 0.25) is 5.82 Å². The molecule has 2 heterocycles. The summed E-state index contributed by atoms with van der Waals surface area (Å²) in [5.74, 6) is 4.31. The fourth-order valence-corrected chi connectivity index (χ4v) is 4.11. The highest BCUT2D eigenvalue weighted by Crippen LogP contribution is 2.23. The van der Waals surface area contributed by atoms with Gasteiger partial charge in [0.25, 0.3) is 5.91 Å². The summed E-state index contributed by atoms with van der Waals surface area (Å²) in [5.41, 5.74) is 0. The molecular formula is C10H16N4OS2. The predicted octanol–water partition coefficient (Wildman–Crippen LogP) is 0.945. The van der Waals surface area contributed by atoms with Gasteiger partial charge < -0.3 is 5.32 Å². The first-order valence-corrected chi connectivity index (χ1v) is 7.88. The van der Waals surface area contributed by atoms with E-state index in [2.05, 4.69) is 20.5 Å². The minimum atomic E-state index is -0.183. The van der Waals surface area contributed by atoms with Crippen molar-refractivity contribution in [3.05, 3.63) is 11.6 Å². The Morgan fingerprint density at radius 3 is 3.12 bits per heavy atom. The number of nitrogens with one attached hydrogen (secondary N) is 2. The largest absolute Gasteiger partial charge is 0.348 e. The third-order valence-corrected chi connectivity index (χ3v) is 5.29. The van der Waals surface area contributed by atoms with Crippen molar-refractivity contribution in [3.63, 3.8) is 0 Å². The van der Waals surface area contributed by atoms with Gasteiger partial charge in [0.05, 0.1) is 0 Å². The van der Waals surface area contributed by atoms with Gasteiger partial charge in [-0.3, -0.25) is 9.89 Å². The van der Waals surface area contributed by atoms with E-state index in [0.29, 0.717) is 11.8 Å². The molecule has 0 bridgehead atoms. The Bertz CT molecular complexity index is 376. The van der Waals surface area contributed by atoms with Gasteiger partial charge in [-0.15, -0.1) is 5.10 Å². The summed E-state index contributed by atoms with van der Waals surface area (Å²) in [5, 5.41) is 10.0. The number of nitrogens with zero attached hydrogens (tertiary/aromatic N) is 2. The first-order valence-electron chi connectivity index (χ1n) is 5.68. The van der Waals surface area contributed by atoms with Crippen LogP contribution in [-0.2, 0) is 6.42 Å². The lowest BCUT2D eigenvalue weighted by molar-refractivity contribution is 0.0944. The van der Waals surface area contributed by atoms with Crippen LogP contribution in [0.25, 0.3) is 0 Å². The molecule has 5 nitrogen and oxygen atoms in total. The summed E-state index contributed by atoms with van der Waals surface area (Å²) in [7, 11) is 0. The van der Waals surface area contributed by atoms with Crippen LogP contribution >= 0.6 is 23.5 Å². The van der Waals surface area contributed by atoms with Crippen LogP contribution in [0.2, 0.25) is 0 Å². The minimum Gasteiger partial charge on any atom is -0.348 e. The van der Waals surface area contributed by atoms with E-state index in [1.165, 1.54) is 11.5 Å². The summed E-state index contributed by atoms with van der Waals surface area (Å²) in [4.78, 5) is 15.8. The van der Waals surface area contributed by atoms with Gasteiger partial charge in [-0.05, 0) is 0 Å². The Balaban J connectivity index is 1.80. The van der Waals surface area contributed by atoms with Crippen LogP contribution in [0, 0.1) is 0 Å². The maximum atomic E-state index is 11.7. The maximum absolute atomic E-state index is 11.7. The zero-order valence-electron chi connectivity index (χ0n) is 9.73. The number of aromatic nitrogens is 3. The number of carbonyl (C=O) groups is 1. The lowest BCUT2D eigenvalue weighted by Crippen LogP contribution is -2.34. The number of amides is 1. The van der Waals surface area contributed by atoms with E-state index >= 15 is 0 Å². The molecule has 1 amide bonds. The Labute approximate surface area is 109 Å². The smallest absolute Gasteiger partial charge is 0.290 e. The SMILES string of the molecule is CCc1nc(C(=O)NCC2CSCCS2)n[nH]1. The predicted molar refractivity (Wildman–Crippen MR) is 71.7 cm³/mol. The first-order chi connectivity index (χ1) is 8.29. The number of carbonyl (C=O) groups excluding carboxylic acids is 1. The molecule has 1 aliphatic rings. The topological polar surface area (TPSA) is 70.7 Å². The van der Waals surface area contributed by atoms with Gasteiger partial charge in [0.15, 0.2) is 0 Å². The molecule has 7 heteroatoms. The van der Waals surface area contributed by atoms with Crippen LogP contribution in [0.1, 0.15) is 23.4 Å². The van der Waals surface area contributed by atoms with Gasteiger partial charge in [-0.25, -0.2) is 4.98 Å². The molecule has 1 unspecified atom stereocenters. The van der Waals surface area contributed by atoms with E-state index in [4.69, 9.17) is 0 Å². The normalized spacial score (nSPS) is 20.2. The summed E-state index contributed by atoms with van der Waals surface area (Å²) in [6.45, 7) is 2.67. The average Bonchev–Trinajstić information content (AvgIpc) is 2.86. The van der Waals surface area contributed by atoms with Crippen LogP contribution in [0.15, 0.2) is 0 Å². The second-order valence-corrected chi connectivity index (χ2v) is 6.30. The molecule has 1 aromatic rings. The number of aryl methyl sites for hydroxylation is 1. The van der Waals surface area contributed by atoms with Gasteiger partial charge in [0.1, 0.15) is 5.82 Å². The summed E-state index contributed by atoms with van der Waals surface area (Å²) in [6, 6.07) is 0. The molecule has 0 aromatic carbocycles. The number of hydrogen-bond donors (Lipinski definition) is 2. The molecule has 2 rings (SSSR count). The molecule has 0 radical (unpaired) electrons. The molecule has 0 aliphatic carbocycles. The number of thioether (sulfide) groups is 2. The van der Waals surface area contributed by atoms with Crippen molar-refractivity contribution in [1.29, 1.82) is 0 Å². The van der Waals surface area contributed by atoms with E-state index in [9.17, 15) is 4.79 Å². The van der Waals surface area contributed by atoms with Crippen molar-refractivity contribution in [2.75, 3.05) is 23.8 Å². The van der Waals surface area contributed by atoms with E-state index in [1.807, 2.05) is 30.4 Å². The van der Waals surface area contributed by atoms with Crippen LogP contribution in [-0.4, -0.2) is 50.1 Å². The van der Waals surface area contributed by atoms with Gasteiger partial charge in [-0.1, -0.05) is 6.92 Å². The number of rotatable bonds is 4. The average molecular weight is 272 g/mol. The van der Waals surface area contributed by atoms with Crippen molar-refractivity contribution < 1.29 is 4.79 Å². The molecule has 94 valence electrons. The Morgan fingerprint density at radius 2 is 2.47 bits per heavy atom. The lowest BCUT2D eigenvalue weighted by atomic mass is 10.4. The number of H-pyrrole nitrogens is 1. The molecule has 1 saturated heterocycles. The van der Waals surface area contributed by atoms with Crippen molar-refractivity contribution in [2.24, 2.45) is 0 Å². The molecule has 1 atom stereocenters. The van der Waals surface area contributed by atoms with Crippen LogP contribution in [0.3, 0.4) is 0 Å². The minimum absolute atomic E-state index is 0.183. The fourth-order valence-electron chi connectivity index (χ4n) is 1.50. The van der Waals surface area contributed by atoms with Crippen molar-refractivity contribution in [3.8, 4) is 0 Å². The molecule has 0 spiro atoms. The molecule has 1 aliphatic heterocycles. The third kappa shape index (κ3) is 3.64. The molecule has 1 aromatic heterocycles. The van der Waals surface area contributed by atoms with Crippen molar-refractivity contribution in [1.82, 2.24) is 20.5 Å². The first kappa shape index (κ1) is 12.8. The highest BCUT2D eigenvalue weighted by Gasteiger charge is 2.17. The monoisotopic (exact) mass is 272 g/mol. The van der Waals surface area contributed by atoms with E-state index in [1.54, 1.807) is 0 Å². The zero-order valence-corrected chi connectivity index (χ0v) is 11.4. The maximum Gasteiger partial charge on any atom is 0.290 e. The Kier molecular flexibility index (Phi) is 4.73. The quantitative estimate of drug-likeness (QED) is 0.854. The molecule has 0 saturated carbocycles. The molecule has 2 N–H and O–H groups in total. The van der Waals surface area contributed by atoms with E-state index < -0.39 is 0 Å². The van der Waals surface area contributed by atoms with E-state index in [0.717, 1.165) is 18.0 Å². The molecule has 1 fully saturated rings. The summed E-state index contributed by atoms with van der Waals surface area (Å²) < 4.78 is 0. The van der Waals surface area contributed by atoms with Crippen LogP contribution in [0.4, 0.5) is 0 Å². The fraction of sp³-hybridized carbons (Fsp3) is 0.700. The molecule has 17 heavy (non-hydrogen) atoms. The number of hydrogen-bond acceptors (Lipinski definition) is 5. The van der Waals surface area contributed by atoms with Gasteiger partial charge in [-0.2, -0.15) is 23.5 Å². The number of aromatic amines is 1. The Hall–Kier alpha value is -0.690. The van der Waals surface area contributed by atoms with Crippen molar-refractivity contribution in [2.45, 2.75) is 18.6 Å². The summed E-state index contributed by atoms with van der Waals surface area (Å²) >= 11 is 3.87. The van der Waals surface area contributed by atoms with Crippen molar-refractivity contribution >= 4 is 29.4 Å². The Morgan fingerprint density at radius 1 is 1.59 bits per heavy atom. The highest BCUT2D eigenvalue weighted by molar-refractivity contribution is 8.06. The second-order valence-electron chi connectivity index (χ2n) is 3.74. The van der Waals surface area contributed by atoms with E-state index in [-0.39, 0.29) is 11.7 Å². The highest BCUT2D eigenvalue weighted by atomic mass is 32.2. The zero-order chi connectivity index (χ0) is 12.1. The summed E-state index contributed by atoms with van der Waals surface area (Å²) in [6.07, 6.45) is 0.759. The van der Waals surface area contributed by atoms with Gasteiger partial charge in [0, 0.05) is 35.5 Å². The van der Waals surface area contributed by atoms with Crippen LogP contribution < -0.4 is 5.32 Å². The standard InChI is InChI=1S/C10H16N4OS2/c1-2-8-12-9(14-13-8)10(15)11-5-7-6-16-3-4-17-7/h7H,2-6H2,1H3,(H,11,15)(H,12,13,14). The molecular weight excluding hydrogens is 256 g/mol. The van der Waals surface area contributed by atoms with Gasteiger partial charge >= 0.3 is 0 Å². The lowest BCUT2D eigenvalue weighted by Gasteiger charge is -2.20.